The van der Waals surface area contributed by atoms with E-state index in [1.807, 2.05) is 0 Å². The Bertz CT molecular complexity index is 319. The van der Waals surface area contributed by atoms with Gasteiger partial charge in [0, 0.05) is 19.6 Å². The Morgan fingerprint density at radius 3 is 1.68 bits per heavy atom. The van der Waals surface area contributed by atoms with Gasteiger partial charge in [0.05, 0.1) is 6.61 Å². The Morgan fingerprint density at radius 1 is 0.679 bits per heavy atom. The highest BCUT2D eigenvalue weighted by molar-refractivity contribution is 7.24. The first-order valence-corrected chi connectivity index (χ1v) is 12.5. The number of unbranched alkanes of at least 4 members (excludes halogenated alkanes) is 15. The van der Waals surface area contributed by atoms with Crippen molar-refractivity contribution >= 4 is 14.9 Å². The van der Waals surface area contributed by atoms with Gasteiger partial charge in [-0.25, -0.2) is 0 Å². The van der Waals surface area contributed by atoms with Crippen molar-refractivity contribution in [3.8, 4) is 0 Å². The SMILES string of the molecule is O=C(CCCCCCCCCCCCCCCO)NCCCCCCOPO. The number of aliphatic hydroxyl groups excluding tert-OH is 1. The van der Waals surface area contributed by atoms with E-state index in [4.69, 9.17) is 14.5 Å². The Labute approximate surface area is 175 Å². The summed E-state index contributed by atoms with van der Waals surface area (Å²) >= 11 is 0. The highest BCUT2D eigenvalue weighted by atomic mass is 31.1. The fourth-order valence-corrected chi connectivity index (χ4v) is 3.59. The Hall–Kier alpha value is -0.220. The number of nitrogens with one attached hydrogen (secondary N) is 1. The quantitative estimate of drug-likeness (QED) is 0.148. The average Bonchev–Trinajstić information content (AvgIpc) is 2.70. The van der Waals surface area contributed by atoms with E-state index in [2.05, 4.69) is 5.32 Å². The van der Waals surface area contributed by atoms with Gasteiger partial charge in [-0.3, -0.25) is 4.79 Å². The number of carbonyl (C=O) groups excluding carboxylic acids is 1. The van der Waals surface area contributed by atoms with Gasteiger partial charge < -0.3 is 19.8 Å². The second-order valence-corrected chi connectivity index (χ2v) is 8.24. The lowest BCUT2D eigenvalue weighted by Crippen LogP contribution is -2.23. The molecule has 5 nitrogen and oxygen atoms in total. The Balaban J connectivity index is 3.12. The van der Waals surface area contributed by atoms with Gasteiger partial charge in [0.15, 0.2) is 9.03 Å². The second kappa shape index (κ2) is 24.8. The van der Waals surface area contributed by atoms with E-state index in [9.17, 15) is 4.79 Å². The van der Waals surface area contributed by atoms with Gasteiger partial charge >= 0.3 is 0 Å². The van der Waals surface area contributed by atoms with Crippen LogP contribution in [0.25, 0.3) is 0 Å². The summed E-state index contributed by atoms with van der Waals surface area (Å²) in [4.78, 5) is 20.3. The minimum Gasteiger partial charge on any atom is -0.396 e. The van der Waals surface area contributed by atoms with Crippen molar-refractivity contribution < 1.29 is 19.3 Å². The molecule has 0 aromatic carbocycles. The Kier molecular flexibility index (Phi) is 24.6. The number of carbonyl (C=O) groups is 1. The molecule has 1 atom stereocenters. The smallest absolute Gasteiger partial charge is 0.219 e. The van der Waals surface area contributed by atoms with E-state index < -0.39 is 9.03 Å². The fourth-order valence-electron chi connectivity index (χ4n) is 3.36. The maximum atomic E-state index is 11.8. The van der Waals surface area contributed by atoms with Crippen LogP contribution in [0.2, 0.25) is 0 Å². The van der Waals surface area contributed by atoms with Crippen molar-refractivity contribution in [2.24, 2.45) is 0 Å². The summed E-state index contributed by atoms with van der Waals surface area (Å²) in [6.07, 6.45) is 21.1. The highest BCUT2D eigenvalue weighted by Gasteiger charge is 2.00. The van der Waals surface area contributed by atoms with Crippen LogP contribution in [0.3, 0.4) is 0 Å². The van der Waals surface area contributed by atoms with Crippen LogP contribution in [0.1, 0.15) is 116 Å². The number of rotatable bonds is 23. The summed E-state index contributed by atoms with van der Waals surface area (Å²) in [7, 11) is -0.398. The molecule has 0 fully saturated rings. The highest BCUT2D eigenvalue weighted by Crippen LogP contribution is 2.13. The first kappa shape index (κ1) is 27.8. The van der Waals surface area contributed by atoms with Crippen molar-refractivity contribution in [1.82, 2.24) is 5.32 Å². The molecule has 3 N–H and O–H groups in total. The molecular weight excluding hydrogens is 373 g/mol. The monoisotopic (exact) mass is 419 g/mol. The van der Waals surface area contributed by atoms with E-state index in [0.717, 1.165) is 45.1 Å². The molecule has 0 aliphatic heterocycles. The lowest BCUT2D eigenvalue weighted by Gasteiger charge is -2.06. The van der Waals surface area contributed by atoms with Crippen LogP contribution in [-0.4, -0.2) is 35.7 Å². The maximum absolute atomic E-state index is 11.8. The van der Waals surface area contributed by atoms with Crippen molar-refractivity contribution in [2.75, 3.05) is 19.8 Å². The predicted molar refractivity (Wildman–Crippen MR) is 120 cm³/mol. The molecule has 0 rings (SSSR count). The molecule has 0 aromatic heterocycles. The van der Waals surface area contributed by atoms with Gasteiger partial charge in [0.25, 0.3) is 0 Å². The molecule has 1 amide bonds. The molecule has 0 spiro atoms. The molecule has 0 heterocycles. The van der Waals surface area contributed by atoms with Gasteiger partial charge in [-0.1, -0.05) is 83.5 Å². The third-order valence-corrected chi connectivity index (χ3v) is 5.46. The molecular formula is C22H46NO4P. The van der Waals surface area contributed by atoms with Crippen LogP contribution < -0.4 is 5.32 Å². The predicted octanol–water partition coefficient (Wildman–Crippen LogP) is 5.63. The molecule has 0 saturated carbocycles. The van der Waals surface area contributed by atoms with E-state index in [1.54, 1.807) is 0 Å². The van der Waals surface area contributed by atoms with Gasteiger partial charge in [-0.15, -0.1) is 0 Å². The third kappa shape index (κ3) is 23.8. The molecule has 0 bridgehead atoms. The zero-order valence-corrected chi connectivity index (χ0v) is 19.1. The van der Waals surface area contributed by atoms with E-state index in [-0.39, 0.29) is 5.91 Å². The van der Waals surface area contributed by atoms with Crippen molar-refractivity contribution in [2.45, 2.75) is 116 Å². The van der Waals surface area contributed by atoms with Crippen molar-refractivity contribution in [3.05, 3.63) is 0 Å². The number of hydrogen-bond donors (Lipinski definition) is 3. The molecule has 1 unspecified atom stereocenters. The molecule has 28 heavy (non-hydrogen) atoms. The molecule has 0 aliphatic rings. The minimum atomic E-state index is -0.398. The lowest BCUT2D eigenvalue weighted by molar-refractivity contribution is -0.121. The number of hydrogen-bond acceptors (Lipinski definition) is 4. The molecule has 0 radical (unpaired) electrons. The third-order valence-electron chi connectivity index (χ3n) is 5.12. The number of aliphatic hydroxyl groups is 1. The zero-order valence-electron chi connectivity index (χ0n) is 18.1. The van der Waals surface area contributed by atoms with Crippen LogP contribution in [0.15, 0.2) is 0 Å². The summed E-state index contributed by atoms with van der Waals surface area (Å²) in [5.41, 5.74) is 0. The maximum Gasteiger partial charge on any atom is 0.219 e. The van der Waals surface area contributed by atoms with Gasteiger partial charge in [0.1, 0.15) is 0 Å². The number of amides is 1. The average molecular weight is 420 g/mol. The van der Waals surface area contributed by atoms with Crippen LogP contribution in [0.5, 0.6) is 0 Å². The topological polar surface area (TPSA) is 78.8 Å². The lowest BCUT2D eigenvalue weighted by atomic mass is 10.0. The first-order chi connectivity index (χ1) is 13.8. The van der Waals surface area contributed by atoms with Crippen LogP contribution in [-0.2, 0) is 9.32 Å². The van der Waals surface area contributed by atoms with E-state index >= 15 is 0 Å². The van der Waals surface area contributed by atoms with Crippen LogP contribution >= 0.6 is 9.03 Å². The molecule has 0 aromatic rings. The van der Waals surface area contributed by atoms with Crippen molar-refractivity contribution in [1.29, 1.82) is 0 Å². The normalized spacial score (nSPS) is 11.5. The molecule has 168 valence electrons. The molecule has 0 aliphatic carbocycles. The van der Waals surface area contributed by atoms with Gasteiger partial charge in [-0.05, 0) is 25.7 Å². The molecule has 0 saturated heterocycles. The second-order valence-electron chi connectivity index (χ2n) is 7.77. The summed E-state index contributed by atoms with van der Waals surface area (Å²) in [6, 6.07) is 0. The van der Waals surface area contributed by atoms with Gasteiger partial charge in [0.2, 0.25) is 5.91 Å². The van der Waals surface area contributed by atoms with Crippen molar-refractivity contribution in [3.63, 3.8) is 0 Å². The largest absolute Gasteiger partial charge is 0.396 e. The minimum absolute atomic E-state index is 0.198. The summed E-state index contributed by atoms with van der Waals surface area (Å²) in [6.45, 7) is 1.75. The van der Waals surface area contributed by atoms with Crippen LogP contribution in [0, 0.1) is 0 Å². The summed E-state index contributed by atoms with van der Waals surface area (Å²) in [5.74, 6) is 0.198. The van der Waals surface area contributed by atoms with E-state index in [0.29, 0.717) is 19.6 Å². The van der Waals surface area contributed by atoms with Crippen LogP contribution in [0.4, 0.5) is 0 Å². The Morgan fingerprint density at radius 2 is 1.14 bits per heavy atom. The fraction of sp³-hybridized carbons (Fsp3) is 0.955. The summed E-state index contributed by atoms with van der Waals surface area (Å²) < 4.78 is 4.90. The first-order valence-electron chi connectivity index (χ1n) is 11.7. The summed E-state index contributed by atoms with van der Waals surface area (Å²) in [5, 5.41) is 11.7. The molecule has 6 heteroatoms. The standard InChI is InChI=1S/C22H46NO4P/c24-20-16-12-9-7-5-3-1-2-4-6-8-10-14-18-22(25)23-19-15-11-13-17-21-27-28-26/h24,26,28H,1-21H2,(H,23,25). The van der Waals surface area contributed by atoms with E-state index in [1.165, 1.54) is 70.6 Å². The zero-order chi connectivity index (χ0) is 20.5. The van der Waals surface area contributed by atoms with Gasteiger partial charge in [-0.2, -0.15) is 0 Å².